The van der Waals surface area contributed by atoms with Gasteiger partial charge in [-0.25, -0.2) is 4.98 Å². The first-order chi connectivity index (χ1) is 14.9. The predicted octanol–water partition coefficient (Wildman–Crippen LogP) is 2.16. The Morgan fingerprint density at radius 3 is 2.45 bits per heavy atom. The Kier molecular flexibility index (Phi) is 6.41. The molecule has 7 nitrogen and oxygen atoms in total. The van der Waals surface area contributed by atoms with Crippen molar-refractivity contribution in [2.75, 3.05) is 39.3 Å². The van der Waals surface area contributed by atoms with Crippen LogP contribution in [0.15, 0.2) is 42.7 Å². The number of hydrogen-bond acceptors (Lipinski definition) is 4. The Bertz CT molecular complexity index is 902. The zero-order valence-electron chi connectivity index (χ0n) is 18.8. The van der Waals surface area contributed by atoms with E-state index in [1.165, 1.54) is 5.56 Å². The van der Waals surface area contributed by atoms with Crippen molar-refractivity contribution < 1.29 is 9.59 Å². The number of likely N-dealkylation sites (tertiary alicyclic amines) is 1. The van der Waals surface area contributed by atoms with Gasteiger partial charge in [-0.3, -0.25) is 14.5 Å². The molecule has 166 valence electrons. The van der Waals surface area contributed by atoms with Crippen LogP contribution in [0, 0.1) is 11.8 Å². The van der Waals surface area contributed by atoms with Crippen LogP contribution in [0.2, 0.25) is 0 Å². The van der Waals surface area contributed by atoms with E-state index in [-0.39, 0.29) is 23.8 Å². The summed E-state index contributed by atoms with van der Waals surface area (Å²) >= 11 is 0. The van der Waals surface area contributed by atoms with Gasteiger partial charge in [0.1, 0.15) is 5.82 Å². The van der Waals surface area contributed by atoms with Crippen molar-refractivity contribution in [2.45, 2.75) is 26.3 Å². The minimum atomic E-state index is -0.197. The standard InChI is InChI=1S/C24H33N5O2/c1-18(2)16-29-17-20(15-21(29)30)24(31)28-13-11-27(12-14-28)22(19-7-5-4-6-8-19)23-25-9-10-26(23)3/h4-10,18,20,22H,11-17H2,1-3H3. The second-order valence-corrected chi connectivity index (χ2v) is 9.16. The molecule has 2 saturated heterocycles. The monoisotopic (exact) mass is 423 g/mol. The number of amides is 2. The van der Waals surface area contributed by atoms with E-state index < -0.39 is 0 Å². The third kappa shape index (κ3) is 4.66. The summed E-state index contributed by atoms with van der Waals surface area (Å²) in [7, 11) is 2.03. The molecule has 7 heteroatoms. The van der Waals surface area contributed by atoms with Crippen LogP contribution in [0.5, 0.6) is 0 Å². The van der Waals surface area contributed by atoms with Gasteiger partial charge in [0.2, 0.25) is 11.8 Å². The van der Waals surface area contributed by atoms with E-state index in [4.69, 9.17) is 0 Å². The van der Waals surface area contributed by atoms with Crippen molar-refractivity contribution in [1.82, 2.24) is 24.3 Å². The molecule has 0 spiro atoms. The van der Waals surface area contributed by atoms with Gasteiger partial charge in [0.05, 0.1) is 12.0 Å². The first-order valence-electron chi connectivity index (χ1n) is 11.3. The molecule has 4 rings (SSSR count). The quantitative estimate of drug-likeness (QED) is 0.714. The van der Waals surface area contributed by atoms with Gasteiger partial charge in [-0.2, -0.15) is 0 Å². The molecular weight excluding hydrogens is 390 g/mol. The number of aryl methyl sites for hydroxylation is 1. The summed E-state index contributed by atoms with van der Waals surface area (Å²) in [6.45, 7) is 8.44. The fourth-order valence-electron chi connectivity index (χ4n) is 4.81. The summed E-state index contributed by atoms with van der Waals surface area (Å²) in [5.74, 6) is 1.48. The average molecular weight is 424 g/mol. The molecule has 0 bridgehead atoms. The Morgan fingerprint density at radius 1 is 1.13 bits per heavy atom. The molecule has 2 amide bonds. The van der Waals surface area contributed by atoms with Crippen LogP contribution >= 0.6 is 0 Å². The Morgan fingerprint density at radius 2 is 1.84 bits per heavy atom. The van der Waals surface area contributed by atoms with Crippen molar-refractivity contribution >= 4 is 11.8 Å². The molecule has 0 radical (unpaired) electrons. The fraction of sp³-hybridized carbons (Fsp3) is 0.542. The average Bonchev–Trinajstić information content (AvgIpc) is 3.34. The predicted molar refractivity (Wildman–Crippen MR) is 119 cm³/mol. The number of hydrogen-bond donors (Lipinski definition) is 0. The molecule has 2 atom stereocenters. The summed E-state index contributed by atoms with van der Waals surface area (Å²) in [4.78, 5) is 36.3. The topological polar surface area (TPSA) is 61.7 Å². The van der Waals surface area contributed by atoms with E-state index in [2.05, 4.69) is 52.6 Å². The maximum Gasteiger partial charge on any atom is 0.228 e. The Balaban J connectivity index is 1.42. The van der Waals surface area contributed by atoms with Gasteiger partial charge in [0.15, 0.2) is 0 Å². The van der Waals surface area contributed by atoms with Crippen LogP contribution < -0.4 is 0 Å². The van der Waals surface area contributed by atoms with Crippen LogP contribution in [0.3, 0.4) is 0 Å². The largest absolute Gasteiger partial charge is 0.342 e. The second kappa shape index (κ2) is 9.22. The number of carbonyl (C=O) groups excluding carboxylic acids is 2. The van der Waals surface area contributed by atoms with Gasteiger partial charge in [-0.05, 0) is 11.5 Å². The van der Waals surface area contributed by atoms with Crippen LogP contribution in [0.4, 0.5) is 0 Å². The molecule has 3 heterocycles. The number of nitrogens with zero attached hydrogens (tertiary/aromatic N) is 5. The highest BCUT2D eigenvalue weighted by Crippen LogP contribution is 2.29. The maximum atomic E-state index is 13.1. The van der Waals surface area contributed by atoms with E-state index in [1.807, 2.05) is 35.3 Å². The van der Waals surface area contributed by atoms with Crippen LogP contribution in [-0.4, -0.2) is 75.3 Å². The van der Waals surface area contributed by atoms with Crippen LogP contribution in [0.25, 0.3) is 0 Å². The lowest BCUT2D eigenvalue weighted by atomic mass is 10.0. The number of piperazine rings is 1. The molecule has 2 aliphatic rings. The molecule has 2 unspecified atom stereocenters. The Labute approximate surface area is 184 Å². The van der Waals surface area contributed by atoms with Gasteiger partial charge >= 0.3 is 0 Å². The first kappa shape index (κ1) is 21.6. The number of carbonyl (C=O) groups is 2. The van der Waals surface area contributed by atoms with E-state index in [0.717, 1.165) is 25.5 Å². The van der Waals surface area contributed by atoms with Gasteiger partial charge in [0.25, 0.3) is 0 Å². The summed E-state index contributed by atoms with van der Waals surface area (Å²) < 4.78 is 2.07. The molecule has 2 fully saturated rings. The molecule has 1 aromatic heterocycles. The second-order valence-electron chi connectivity index (χ2n) is 9.16. The third-order valence-corrected chi connectivity index (χ3v) is 6.36. The minimum Gasteiger partial charge on any atom is -0.342 e. The molecular formula is C24H33N5O2. The van der Waals surface area contributed by atoms with Gasteiger partial charge in [0, 0.05) is 65.1 Å². The van der Waals surface area contributed by atoms with E-state index in [0.29, 0.717) is 32.0 Å². The van der Waals surface area contributed by atoms with Crippen molar-refractivity contribution in [3.63, 3.8) is 0 Å². The molecule has 0 N–H and O–H groups in total. The van der Waals surface area contributed by atoms with Crippen LogP contribution in [0.1, 0.15) is 37.7 Å². The highest BCUT2D eigenvalue weighted by molar-refractivity contribution is 5.89. The molecule has 0 saturated carbocycles. The summed E-state index contributed by atoms with van der Waals surface area (Å²) in [6, 6.07) is 10.5. The summed E-state index contributed by atoms with van der Waals surface area (Å²) in [6.07, 6.45) is 4.17. The normalized spacial score (nSPS) is 21.2. The SMILES string of the molecule is CC(C)CN1CC(C(=O)N2CCN(C(c3ccccc3)c3nccn3C)CC2)CC1=O. The van der Waals surface area contributed by atoms with E-state index in [1.54, 1.807) is 0 Å². The third-order valence-electron chi connectivity index (χ3n) is 6.36. The van der Waals surface area contributed by atoms with Gasteiger partial charge in [-0.1, -0.05) is 44.2 Å². The van der Waals surface area contributed by atoms with Crippen molar-refractivity contribution in [2.24, 2.45) is 18.9 Å². The Hall–Kier alpha value is -2.67. The molecule has 0 aliphatic carbocycles. The van der Waals surface area contributed by atoms with Crippen molar-refractivity contribution in [1.29, 1.82) is 0 Å². The summed E-state index contributed by atoms with van der Waals surface area (Å²) in [5, 5.41) is 0. The zero-order chi connectivity index (χ0) is 22.0. The minimum absolute atomic E-state index is 0.0630. The molecule has 31 heavy (non-hydrogen) atoms. The zero-order valence-corrected chi connectivity index (χ0v) is 18.8. The van der Waals surface area contributed by atoms with Crippen molar-refractivity contribution in [3.05, 3.63) is 54.1 Å². The number of rotatable bonds is 6. The number of benzene rings is 1. The van der Waals surface area contributed by atoms with Gasteiger partial charge < -0.3 is 14.4 Å². The lowest BCUT2D eigenvalue weighted by Crippen LogP contribution is -2.51. The molecule has 2 aliphatic heterocycles. The van der Waals surface area contributed by atoms with E-state index in [9.17, 15) is 9.59 Å². The number of aromatic nitrogens is 2. The maximum absolute atomic E-state index is 13.1. The smallest absolute Gasteiger partial charge is 0.228 e. The lowest BCUT2D eigenvalue weighted by molar-refractivity contribution is -0.137. The highest BCUT2D eigenvalue weighted by atomic mass is 16.2. The van der Waals surface area contributed by atoms with Crippen LogP contribution in [-0.2, 0) is 16.6 Å². The highest BCUT2D eigenvalue weighted by Gasteiger charge is 2.38. The molecule has 2 aromatic rings. The lowest BCUT2D eigenvalue weighted by Gasteiger charge is -2.39. The fourth-order valence-corrected chi connectivity index (χ4v) is 4.81. The first-order valence-corrected chi connectivity index (χ1v) is 11.3. The van der Waals surface area contributed by atoms with Crippen molar-refractivity contribution in [3.8, 4) is 0 Å². The van der Waals surface area contributed by atoms with E-state index >= 15 is 0 Å². The van der Waals surface area contributed by atoms with Gasteiger partial charge in [-0.15, -0.1) is 0 Å². The number of imidazole rings is 1. The molecule has 1 aromatic carbocycles. The summed E-state index contributed by atoms with van der Waals surface area (Å²) in [5.41, 5.74) is 1.21.